The minimum atomic E-state index is -4.32. The van der Waals surface area contributed by atoms with E-state index in [0.717, 1.165) is 11.4 Å². The molecule has 3 N–H and O–H groups in total. The maximum Gasteiger partial charge on any atom is 0.403 e. The van der Waals surface area contributed by atoms with Gasteiger partial charge in [-0.2, -0.15) is 13.2 Å². The zero-order chi connectivity index (χ0) is 10.9. The van der Waals surface area contributed by atoms with E-state index in [1.54, 1.807) is 19.9 Å². The van der Waals surface area contributed by atoms with Gasteiger partial charge < -0.3 is 10.7 Å². The second-order valence-electron chi connectivity index (χ2n) is 3.45. The molecule has 0 saturated carbocycles. The van der Waals surface area contributed by atoms with Crippen LogP contribution in [0, 0.1) is 13.8 Å². The molecule has 0 bridgehead atoms. The molecule has 0 amide bonds. The Bertz CT molecular complexity index is 314. The molecule has 0 aromatic carbocycles. The number of halogens is 3. The zero-order valence-corrected chi connectivity index (χ0v) is 8.07. The molecule has 14 heavy (non-hydrogen) atoms. The van der Waals surface area contributed by atoms with Crippen LogP contribution in [-0.2, 0) is 6.42 Å². The molecule has 1 heterocycles. The monoisotopic (exact) mass is 206 g/mol. The van der Waals surface area contributed by atoms with Crippen LogP contribution in [-0.4, -0.2) is 17.2 Å². The Kier molecular flexibility index (Phi) is 2.89. The predicted octanol–water partition coefficient (Wildman–Crippen LogP) is 2.06. The highest BCUT2D eigenvalue weighted by Crippen LogP contribution is 2.22. The maximum atomic E-state index is 12.1. The molecule has 0 spiro atoms. The molecular weight excluding hydrogens is 193 g/mol. The molecule has 1 unspecified atom stereocenters. The lowest BCUT2D eigenvalue weighted by atomic mass is 10.1. The lowest BCUT2D eigenvalue weighted by molar-refractivity contribution is -0.147. The van der Waals surface area contributed by atoms with Gasteiger partial charge in [0.05, 0.1) is 0 Å². The number of nitrogens with two attached hydrogens (primary N) is 1. The fraction of sp³-hybridized carbons (Fsp3) is 0.556. The van der Waals surface area contributed by atoms with E-state index in [9.17, 15) is 13.2 Å². The average molecular weight is 206 g/mol. The molecule has 0 saturated heterocycles. The van der Waals surface area contributed by atoms with Crippen molar-refractivity contribution in [2.75, 3.05) is 0 Å². The van der Waals surface area contributed by atoms with Crippen LogP contribution in [0.15, 0.2) is 6.07 Å². The molecule has 0 aliphatic carbocycles. The van der Waals surface area contributed by atoms with Crippen molar-refractivity contribution in [2.45, 2.75) is 32.5 Å². The van der Waals surface area contributed by atoms with Crippen LogP contribution in [0.4, 0.5) is 13.2 Å². The van der Waals surface area contributed by atoms with E-state index in [2.05, 4.69) is 4.98 Å². The van der Waals surface area contributed by atoms with Crippen LogP contribution in [0.5, 0.6) is 0 Å². The average Bonchev–Trinajstić information content (AvgIpc) is 2.28. The van der Waals surface area contributed by atoms with Crippen LogP contribution in [0.1, 0.15) is 17.0 Å². The Balaban J connectivity index is 2.74. The highest BCUT2D eigenvalue weighted by atomic mass is 19.4. The van der Waals surface area contributed by atoms with Crippen LogP contribution in [0.3, 0.4) is 0 Å². The molecule has 1 atom stereocenters. The number of nitrogens with one attached hydrogen (secondary N) is 1. The molecule has 0 aliphatic heterocycles. The van der Waals surface area contributed by atoms with E-state index >= 15 is 0 Å². The maximum absolute atomic E-state index is 12.1. The fourth-order valence-electron chi connectivity index (χ4n) is 1.35. The quantitative estimate of drug-likeness (QED) is 0.764. The van der Waals surface area contributed by atoms with Gasteiger partial charge in [-0.1, -0.05) is 0 Å². The van der Waals surface area contributed by atoms with Crippen molar-refractivity contribution >= 4 is 0 Å². The Hall–Kier alpha value is -0.970. The number of alkyl halides is 3. The standard InChI is InChI=1S/C9H13F3N2/c1-5-3-7(6(2)14-5)4-8(13)9(10,11)12/h3,8,14H,4,13H2,1-2H3. The van der Waals surface area contributed by atoms with E-state index in [0.29, 0.717) is 5.56 Å². The molecule has 0 fully saturated rings. The summed E-state index contributed by atoms with van der Waals surface area (Å²) in [6.45, 7) is 3.54. The number of rotatable bonds is 2. The topological polar surface area (TPSA) is 41.8 Å². The summed E-state index contributed by atoms with van der Waals surface area (Å²) in [6.07, 6.45) is -4.49. The first-order valence-corrected chi connectivity index (χ1v) is 4.28. The third kappa shape index (κ3) is 2.51. The number of H-pyrrole nitrogens is 1. The van der Waals surface area contributed by atoms with Crippen molar-refractivity contribution in [1.29, 1.82) is 0 Å². The lowest BCUT2D eigenvalue weighted by Gasteiger charge is -2.14. The molecule has 0 radical (unpaired) electrons. The van der Waals surface area contributed by atoms with Gasteiger partial charge in [0.15, 0.2) is 0 Å². The molecule has 1 aromatic rings. The van der Waals surface area contributed by atoms with Gasteiger partial charge in [-0.15, -0.1) is 0 Å². The van der Waals surface area contributed by atoms with Crippen molar-refractivity contribution in [2.24, 2.45) is 5.73 Å². The summed E-state index contributed by atoms with van der Waals surface area (Å²) in [5.74, 6) is 0. The number of hydrogen-bond acceptors (Lipinski definition) is 1. The second-order valence-corrected chi connectivity index (χ2v) is 3.45. The summed E-state index contributed by atoms with van der Waals surface area (Å²) in [4.78, 5) is 2.94. The van der Waals surface area contributed by atoms with Crippen molar-refractivity contribution in [3.05, 3.63) is 23.0 Å². The molecule has 80 valence electrons. The van der Waals surface area contributed by atoms with Gasteiger partial charge in [0.1, 0.15) is 6.04 Å². The predicted molar refractivity (Wildman–Crippen MR) is 48.0 cm³/mol. The Labute approximate surface area is 80.3 Å². The summed E-state index contributed by atoms with van der Waals surface area (Å²) in [6, 6.07) is -0.0857. The van der Waals surface area contributed by atoms with E-state index in [1.807, 2.05) is 0 Å². The third-order valence-electron chi connectivity index (χ3n) is 2.12. The Morgan fingerprint density at radius 1 is 1.43 bits per heavy atom. The van der Waals surface area contributed by atoms with E-state index in [-0.39, 0.29) is 6.42 Å². The fourth-order valence-corrected chi connectivity index (χ4v) is 1.35. The largest absolute Gasteiger partial charge is 0.403 e. The minimum absolute atomic E-state index is 0.167. The Morgan fingerprint density at radius 2 is 2.00 bits per heavy atom. The molecule has 5 heteroatoms. The van der Waals surface area contributed by atoms with Crippen LogP contribution in [0.2, 0.25) is 0 Å². The molecule has 1 rings (SSSR count). The highest BCUT2D eigenvalue weighted by molar-refractivity contribution is 5.25. The summed E-state index contributed by atoms with van der Waals surface area (Å²) in [5.41, 5.74) is 7.26. The Morgan fingerprint density at radius 3 is 2.36 bits per heavy atom. The second kappa shape index (κ2) is 3.65. The SMILES string of the molecule is Cc1cc(CC(N)C(F)(F)F)c(C)[nH]1. The van der Waals surface area contributed by atoms with E-state index in [1.165, 1.54) is 0 Å². The van der Waals surface area contributed by atoms with Gasteiger partial charge in [-0.05, 0) is 31.9 Å². The third-order valence-corrected chi connectivity index (χ3v) is 2.12. The van der Waals surface area contributed by atoms with Gasteiger partial charge in [0, 0.05) is 11.4 Å². The number of aromatic amines is 1. The number of aryl methyl sites for hydroxylation is 2. The summed E-state index contributed by atoms with van der Waals surface area (Å²) in [7, 11) is 0. The first-order valence-electron chi connectivity index (χ1n) is 4.28. The molecule has 1 aromatic heterocycles. The van der Waals surface area contributed by atoms with Gasteiger partial charge in [-0.25, -0.2) is 0 Å². The van der Waals surface area contributed by atoms with Gasteiger partial charge in [0.25, 0.3) is 0 Å². The van der Waals surface area contributed by atoms with E-state index in [4.69, 9.17) is 5.73 Å². The smallest absolute Gasteiger partial charge is 0.362 e. The van der Waals surface area contributed by atoms with Crippen LogP contribution >= 0.6 is 0 Å². The van der Waals surface area contributed by atoms with Crippen molar-refractivity contribution in [3.63, 3.8) is 0 Å². The molecular formula is C9H13F3N2. The zero-order valence-electron chi connectivity index (χ0n) is 8.07. The minimum Gasteiger partial charge on any atom is -0.362 e. The lowest BCUT2D eigenvalue weighted by Crippen LogP contribution is -2.39. The van der Waals surface area contributed by atoms with Crippen molar-refractivity contribution in [1.82, 2.24) is 4.98 Å². The van der Waals surface area contributed by atoms with Crippen molar-refractivity contribution < 1.29 is 13.2 Å². The number of aromatic nitrogens is 1. The number of hydrogen-bond donors (Lipinski definition) is 2. The molecule has 0 aliphatic rings. The highest BCUT2D eigenvalue weighted by Gasteiger charge is 2.36. The van der Waals surface area contributed by atoms with Gasteiger partial charge in [0.2, 0.25) is 0 Å². The summed E-state index contributed by atoms with van der Waals surface area (Å²) < 4.78 is 36.4. The normalized spacial score (nSPS) is 14.4. The van der Waals surface area contributed by atoms with E-state index < -0.39 is 12.2 Å². The summed E-state index contributed by atoms with van der Waals surface area (Å²) >= 11 is 0. The van der Waals surface area contributed by atoms with Gasteiger partial charge in [-0.3, -0.25) is 0 Å². The van der Waals surface area contributed by atoms with Crippen LogP contribution in [0.25, 0.3) is 0 Å². The van der Waals surface area contributed by atoms with Crippen LogP contribution < -0.4 is 5.73 Å². The van der Waals surface area contributed by atoms with Crippen molar-refractivity contribution in [3.8, 4) is 0 Å². The first-order chi connectivity index (χ1) is 6.30. The van der Waals surface area contributed by atoms with Gasteiger partial charge >= 0.3 is 6.18 Å². The molecule has 2 nitrogen and oxygen atoms in total. The summed E-state index contributed by atoms with van der Waals surface area (Å²) in [5, 5.41) is 0. The first kappa shape index (κ1) is 11.1.